The molecular weight excluding hydrogens is 270 g/mol. The van der Waals surface area contributed by atoms with E-state index in [-0.39, 0.29) is 17.2 Å². The van der Waals surface area contributed by atoms with Crippen molar-refractivity contribution in [3.05, 3.63) is 69.7 Å². The van der Waals surface area contributed by atoms with Gasteiger partial charge in [-0.15, -0.1) is 0 Å². The molecule has 0 bridgehead atoms. The molecule has 0 saturated heterocycles. The van der Waals surface area contributed by atoms with E-state index in [4.69, 9.17) is 11.6 Å². The van der Waals surface area contributed by atoms with E-state index in [1.54, 1.807) is 19.1 Å². The first-order valence-corrected chi connectivity index (χ1v) is 6.08. The summed E-state index contributed by atoms with van der Waals surface area (Å²) in [5, 5.41) is -0.0274. The van der Waals surface area contributed by atoms with Gasteiger partial charge in [-0.05, 0) is 36.2 Å². The third kappa shape index (κ3) is 3.18. The van der Waals surface area contributed by atoms with E-state index in [1.807, 2.05) is 0 Å². The third-order valence-electron chi connectivity index (χ3n) is 2.84. The minimum atomic E-state index is -0.528. The highest BCUT2D eigenvalue weighted by molar-refractivity contribution is 6.30. The van der Waals surface area contributed by atoms with Crippen LogP contribution in [0.1, 0.15) is 21.5 Å². The molecule has 0 radical (unpaired) electrons. The van der Waals surface area contributed by atoms with Crippen molar-refractivity contribution in [2.45, 2.75) is 13.3 Å². The molecule has 0 aliphatic rings. The standard InChI is InChI=1S/C15H11ClF2O/c1-9-2-4-11(8-14(9)18)15(19)7-10-3-5-13(17)12(16)6-10/h2-6,8H,7H2,1H3. The smallest absolute Gasteiger partial charge is 0.167 e. The zero-order valence-electron chi connectivity index (χ0n) is 10.2. The zero-order chi connectivity index (χ0) is 14.0. The molecule has 0 N–H and O–H groups in total. The average Bonchev–Trinajstić information content (AvgIpc) is 2.37. The number of ketones is 1. The molecule has 2 rings (SSSR count). The Labute approximate surface area is 114 Å². The van der Waals surface area contributed by atoms with Crippen molar-refractivity contribution in [1.29, 1.82) is 0 Å². The summed E-state index contributed by atoms with van der Waals surface area (Å²) in [5.74, 6) is -1.18. The molecule has 19 heavy (non-hydrogen) atoms. The van der Waals surface area contributed by atoms with Gasteiger partial charge < -0.3 is 0 Å². The predicted molar refractivity (Wildman–Crippen MR) is 70.6 cm³/mol. The van der Waals surface area contributed by atoms with Gasteiger partial charge in [0.1, 0.15) is 11.6 Å². The molecule has 0 heterocycles. The lowest BCUT2D eigenvalue weighted by molar-refractivity contribution is 0.0992. The van der Waals surface area contributed by atoms with Crippen molar-refractivity contribution >= 4 is 17.4 Å². The Morgan fingerprint density at radius 3 is 2.47 bits per heavy atom. The maximum absolute atomic E-state index is 13.4. The van der Waals surface area contributed by atoms with Crippen LogP contribution in [0.4, 0.5) is 8.78 Å². The second-order valence-corrected chi connectivity index (χ2v) is 4.72. The number of benzene rings is 2. The number of Topliss-reactive ketones (excluding diaryl/α,β-unsaturated/α-hetero) is 1. The second-order valence-electron chi connectivity index (χ2n) is 4.31. The van der Waals surface area contributed by atoms with E-state index < -0.39 is 11.6 Å². The van der Waals surface area contributed by atoms with Crippen LogP contribution in [0, 0.1) is 18.6 Å². The molecular formula is C15H11ClF2O. The molecule has 1 nitrogen and oxygen atoms in total. The molecule has 2 aromatic carbocycles. The van der Waals surface area contributed by atoms with E-state index in [0.717, 1.165) is 0 Å². The first-order chi connectivity index (χ1) is 8.97. The SMILES string of the molecule is Cc1ccc(C(=O)Cc2ccc(F)c(Cl)c2)cc1F. The summed E-state index contributed by atoms with van der Waals surface area (Å²) >= 11 is 5.64. The van der Waals surface area contributed by atoms with Crippen molar-refractivity contribution < 1.29 is 13.6 Å². The molecule has 0 atom stereocenters. The molecule has 0 spiro atoms. The third-order valence-corrected chi connectivity index (χ3v) is 3.13. The van der Waals surface area contributed by atoms with Crippen LogP contribution < -0.4 is 0 Å². The fraction of sp³-hybridized carbons (Fsp3) is 0.133. The summed E-state index contributed by atoms with van der Waals surface area (Å²) in [5.41, 5.74) is 1.38. The van der Waals surface area contributed by atoms with Crippen LogP contribution in [0.2, 0.25) is 5.02 Å². The number of rotatable bonds is 3. The summed E-state index contributed by atoms with van der Waals surface area (Å²) in [6.45, 7) is 1.63. The Bertz CT molecular complexity index is 638. The van der Waals surface area contributed by atoms with Crippen LogP contribution >= 0.6 is 11.6 Å². The number of hydrogen-bond donors (Lipinski definition) is 0. The molecule has 0 aliphatic carbocycles. The van der Waals surface area contributed by atoms with Crippen molar-refractivity contribution in [3.63, 3.8) is 0 Å². The van der Waals surface area contributed by atoms with Gasteiger partial charge in [-0.1, -0.05) is 29.8 Å². The van der Waals surface area contributed by atoms with E-state index in [1.165, 1.54) is 24.3 Å². The molecule has 0 aliphatic heterocycles. The van der Waals surface area contributed by atoms with E-state index in [9.17, 15) is 13.6 Å². The lowest BCUT2D eigenvalue weighted by Crippen LogP contribution is -2.04. The molecule has 0 amide bonds. The summed E-state index contributed by atoms with van der Waals surface area (Å²) in [7, 11) is 0. The van der Waals surface area contributed by atoms with E-state index >= 15 is 0 Å². The maximum Gasteiger partial charge on any atom is 0.167 e. The Balaban J connectivity index is 2.20. The second kappa shape index (κ2) is 5.49. The van der Waals surface area contributed by atoms with Crippen LogP contribution in [-0.2, 0) is 6.42 Å². The fourth-order valence-corrected chi connectivity index (χ4v) is 1.91. The van der Waals surface area contributed by atoms with Gasteiger partial charge >= 0.3 is 0 Å². The predicted octanol–water partition coefficient (Wildman–Crippen LogP) is 4.35. The van der Waals surface area contributed by atoms with Gasteiger partial charge in [0.25, 0.3) is 0 Å². The van der Waals surface area contributed by atoms with Gasteiger partial charge in [-0.3, -0.25) is 4.79 Å². The lowest BCUT2D eigenvalue weighted by Gasteiger charge is -2.04. The summed E-state index contributed by atoms with van der Waals surface area (Å²) in [6, 6.07) is 8.44. The zero-order valence-corrected chi connectivity index (χ0v) is 11.0. The Hall–Kier alpha value is -1.74. The minimum Gasteiger partial charge on any atom is -0.294 e. The molecule has 2 aromatic rings. The Morgan fingerprint density at radius 1 is 1.11 bits per heavy atom. The van der Waals surface area contributed by atoms with Gasteiger partial charge in [0.2, 0.25) is 0 Å². The molecule has 0 saturated carbocycles. The van der Waals surface area contributed by atoms with E-state index in [2.05, 4.69) is 0 Å². The van der Waals surface area contributed by atoms with Crippen LogP contribution in [0.15, 0.2) is 36.4 Å². The lowest BCUT2D eigenvalue weighted by atomic mass is 10.0. The summed E-state index contributed by atoms with van der Waals surface area (Å²) in [6.07, 6.45) is 0.0580. The quantitative estimate of drug-likeness (QED) is 0.764. The fourth-order valence-electron chi connectivity index (χ4n) is 1.70. The van der Waals surface area contributed by atoms with Gasteiger partial charge in [-0.25, -0.2) is 8.78 Å². The molecule has 0 aromatic heterocycles. The summed E-state index contributed by atoms with van der Waals surface area (Å²) < 4.78 is 26.4. The number of aryl methyl sites for hydroxylation is 1. The maximum atomic E-state index is 13.4. The van der Waals surface area contributed by atoms with Gasteiger partial charge in [-0.2, -0.15) is 0 Å². The topological polar surface area (TPSA) is 17.1 Å². The minimum absolute atomic E-state index is 0.0274. The normalized spacial score (nSPS) is 10.5. The number of hydrogen-bond acceptors (Lipinski definition) is 1. The molecule has 0 fully saturated rings. The Kier molecular flexibility index (Phi) is 3.96. The number of carbonyl (C=O) groups is 1. The molecule has 4 heteroatoms. The molecule has 98 valence electrons. The first kappa shape index (κ1) is 13.7. The number of halogens is 3. The van der Waals surface area contributed by atoms with Crippen LogP contribution in [0.25, 0.3) is 0 Å². The van der Waals surface area contributed by atoms with Gasteiger partial charge in [0.15, 0.2) is 5.78 Å². The van der Waals surface area contributed by atoms with Crippen molar-refractivity contribution in [3.8, 4) is 0 Å². The Morgan fingerprint density at radius 2 is 1.84 bits per heavy atom. The largest absolute Gasteiger partial charge is 0.294 e. The van der Waals surface area contributed by atoms with Gasteiger partial charge in [0.05, 0.1) is 5.02 Å². The van der Waals surface area contributed by atoms with Crippen molar-refractivity contribution in [1.82, 2.24) is 0 Å². The van der Waals surface area contributed by atoms with Crippen molar-refractivity contribution in [2.24, 2.45) is 0 Å². The van der Waals surface area contributed by atoms with E-state index in [0.29, 0.717) is 16.7 Å². The highest BCUT2D eigenvalue weighted by Gasteiger charge is 2.10. The van der Waals surface area contributed by atoms with Crippen LogP contribution in [0.5, 0.6) is 0 Å². The molecule has 0 unspecified atom stereocenters. The number of carbonyl (C=O) groups excluding carboxylic acids is 1. The monoisotopic (exact) mass is 280 g/mol. The van der Waals surface area contributed by atoms with Crippen LogP contribution in [0.3, 0.4) is 0 Å². The van der Waals surface area contributed by atoms with Gasteiger partial charge in [0, 0.05) is 12.0 Å². The summed E-state index contributed by atoms with van der Waals surface area (Å²) in [4.78, 5) is 12.0. The van der Waals surface area contributed by atoms with Crippen LogP contribution in [-0.4, -0.2) is 5.78 Å². The highest BCUT2D eigenvalue weighted by Crippen LogP contribution is 2.18. The van der Waals surface area contributed by atoms with Crippen molar-refractivity contribution in [2.75, 3.05) is 0 Å². The highest BCUT2D eigenvalue weighted by atomic mass is 35.5. The average molecular weight is 281 g/mol. The first-order valence-electron chi connectivity index (χ1n) is 5.70.